The van der Waals surface area contributed by atoms with Crippen molar-refractivity contribution in [2.45, 2.75) is 32.4 Å². The van der Waals surface area contributed by atoms with E-state index in [-0.39, 0.29) is 12.1 Å². The molecule has 0 saturated carbocycles. The Morgan fingerprint density at radius 1 is 1.26 bits per heavy atom. The molecule has 1 aliphatic rings. The van der Waals surface area contributed by atoms with E-state index in [0.717, 1.165) is 23.5 Å². The molecule has 1 heterocycles. The number of nitrogens with one attached hydrogen (secondary N) is 1. The lowest BCUT2D eigenvalue weighted by Crippen LogP contribution is -2.37. The van der Waals surface area contributed by atoms with Gasteiger partial charge in [-0.3, -0.25) is 11.3 Å². The first-order valence-electron chi connectivity index (χ1n) is 6.77. The van der Waals surface area contributed by atoms with Gasteiger partial charge in [-0.15, -0.1) is 0 Å². The minimum atomic E-state index is -0.0548. The smallest absolute Gasteiger partial charge is 0.161 e. The number of rotatable bonds is 6. The predicted octanol–water partition coefficient (Wildman–Crippen LogP) is 1.78. The monoisotopic (exact) mass is 266 g/mol. The van der Waals surface area contributed by atoms with Gasteiger partial charge in [-0.1, -0.05) is 13.0 Å². The molecule has 2 atom stereocenters. The van der Waals surface area contributed by atoms with Gasteiger partial charge in [0.25, 0.3) is 0 Å². The molecule has 0 aliphatic carbocycles. The molecular formula is C14H22N2O3. The topological polar surface area (TPSA) is 65.7 Å². The van der Waals surface area contributed by atoms with Gasteiger partial charge >= 0.3 is 0 Å². The molecule has 5 nitrogen and oxygen atoms in total. The lowest BCUT2D eigenvalue weighted by molar-refractivity contribution is 0.0313. The number of nitrogens with two attached hydrogens (primary N) is 1. The third-order valence-electron chi connectivity index (χ3n) is 3.26. The number of fused-ring (bicyclic) bond motifs is 1. The lowest BCUT2D eigenvalue weighted by atomic mass is 9.99. The molecule has 0 aromatic heterocycles. The summed E-state index contributed by atoms with van der Waals surface area (Å²) < 4.78 is 16.8. The summed E-state index contributed by atoms with van der Waals surface area (Å²) in [5.74, 6) is 7.25. The Hall–Kier alpha value is -1.30. The zero-order valence-corrected chi connectivity index (χ0v) is 11.5. The van der Waals surface area contributed by atoms with Crippen molar-refractivity contribution >= 4 is 0 Å². The van der Waals surface area contributed by atoms with Crippen LogP contribution in [0.2, 0.25) is 0 Å². The fourth-order valence-corrected chi connectivity index (χ4v) is 2.34. The number of hydrogen-bond acceptors (Lipinski definition) is 5. The minimum absolute atomic E-state index is 0.0394. The third kappa shape index (κ3) is 3.18. The number of hydrazine groups is 1. The highest BCUT2D eigenvalue weighted by Crippen LogP contribution is 2.33. The molecule has 1 aromatic rings. The largest absolute Gasteiger partial charge is 0.486 e. The van der Waals surface area contributed by atoms with Crippen LogP contribution in [-0.4, -0.2) is 25.9 Å². The zero-order valence-electron chi connectivity index (χ0n) is 11.5. The summed E-state index contributed by atoms with van der Waals surface area (Å²) in [6.07, 6.45) is 0.925. The van der Waals surface area contributed by atoms with Crippen molar-refractivity contribution in [3.05, 3.63) is 23.8 Å². The van der Waals surface area contributed by atoms with Gasteiger partial charge in [0.2, 0.25) is 0 Å². The highest BCUT2D eigenvalue weighted by Gasteiger charge is 2.23. The van der Waals surface area contributed by atoms with Crippen LogP contribution in [0.4, 0.5) is 0 Å². The first kappa shape index (κ1) is 14.1. The van der Waals surface area contributed by atoms with E-state index in [4.69, 9.17) is 20.1 Å². The van der Waals surface area contributed by atoms with E-state index >= 15 is 0 Å². The maximum atomic E-state index is 5.73. The van der Waals surface area contributed by atoms with Crippen LogP contribution in [0.3, 0.4) is 0 Å². The minimum Gasteiger partial charge on any atom is -0.486 e. The fourth-order valence-electron chi connectivity index (χ4n) is 2.34. The number of hydrogen-bond donors (Lipinski definition) is 2. The summed E-state index contributed by atoms with van der Waals surface area (Å²) in [4.78, 5) is 0. The highest BCUT2D eigenvalue weighted by atomic mass is 16.6. The van der Waals surface area contributed by atoms with Crippen molar-refractivity contribution in [3.63, 3.8) is 0 Å². The molecule has 0 fully saturated rings. The zero-order chi connectivity index (χ0) is 13.7. The van der Waals surface area contributed by atoms with Gasteiger partial charge in [0.05, 0.1) is 12.1 Å². The summed E-state index contributed by atoms with van der Waals surface area (Å²) in [5.41, 5.74) is 3.89. The Balaban J connectivity index is 2.22. The van der Waals surface area contributed by atoms with Crippen LogP contribution >= 0.6 is 0 Å². The summed E-state index contributed by atoms with van der Waals surface area (Å²) in [5, 5.41) is 0. The molecule has 19 heavy (non-hydrogen) atoms. The molecule has 0 bridgehead atoms. The number of ether oxygens (including phenoxy) is 3. The van der Waals surface area contributed by atoms with Gasteiger partial charge < -0.3 is 14.2 Å². The van der Waals surface area contributed by atoms with Gasteiger partial charge in [0, 0.05) is 6.61 Å². The third-order valence-corrected chi connectivity index (χ3v) is 3.26. The maximum Gasteiger partial charge on any atom is 0.161 e. The molecule has 2 unspecified atom stereocenters. The normalized spacial score (nSPS) is 17.0. The van der Waals surface area contributed by atoms with Crippen LogP contribution in [0.15, 0.2) is 18.2 Å². The Kier molecular flexibility index (Phi) is 5.01. The average Bonchev–Trinajstić information content (AvgIpc) is 2.47. The van der Waals surface area contributed by atoms with Crippen LogP contribution < -0.4 is 20.7 Å². The summed E-state index contributed by atoms with van der Waals surface area (Å²) in [6.45, 7) is 5.92. The molecule has 1 aliphatic heterocycles. The second-order valence-corrected chi connectivity index (χ2v) is 4.45. The molecule has 0 radical (unpaired) electrons. The molecular weight excluding hydrogens is 244 g/mol. The van der Waals surface area contributed by atoms with Gasteiger partial charge in [0.1, 0.15) is 13.2 Å². The first-order chi connectivity index (χ1) is 9.30. The predicted molar refractivity (Wildman–Crippen MR) is 73.2 cm³/mol. The molecule has 0 amide bonds. The van der Waals surface area contributed by atoms with Crippen molar-refractivity contribution in [2.24, 2.45) is 5.84 Å². The fraction of sp³-hybridized carbons (Fsp3) is 0.571. The Morgan fingerprint density at radius 2 is 2.00 bits per heavy atom. The van der Waals surface area contributed by atoms with Crippen molar-refractivity contribution in [2.75, 3.05) is 19.8 Å². The van der Waals surface area contributed by atoms with E-state index in [0.29, 0.717) is 19.8 Å². The van der Waals surface area contributed by atoms with Crippen molar-refractivity contribution < 1.29 is 14.2 Å². The molecule has 5 heteroatoms. The Bertz CT molecular complexity index is 412. The highest BCUT2D eigenvalue weighted by molar-refractivity contribution is 5.44. The van der Waals surface area contributed by atoms with Gasteiger partial charge in [0.15, 0.2) is 11.5 Å². The molecule has 0 spiro atoms. The maximum absolute atomic E-state index is 5.73. The van der Waals surface area contributed by atoms with Gasteiger partial charge in [-0.2, -0.15) is 0 Å². The second kappa shape index (κ2) is 6.75. The average molecular weight is 266 g/mol. The SMILES string of the molecule is CCOC(CC)C(NN)c1ccc2c(c1)OCCO2. The lowest BCUT2D eigenvalue weighted by Gasteiger charge is -2.27. The van der Waals surface area contributed by atoms with Crippen molar-refractivity contribution in [3.8, 4) is 11.5 Å². The van der Waals surface area contributed by atoms with E-state index in [1.54, 1.807) is 0 Å². The van der Waals surface area contributed by atoms with E-state index in [2.05, 4.69) is 12.3 Å². The molecule has 2 rings (SSSR count). The molecule has 3 N–H and O–H groups in total. The van der Waals surface area contributed by atoms with Crippen LogP contribution in [0.1, 0.15) is 31.9 Å². The van der Waals surface area contributed by atoms with E-state index < -0.39 is 0 Å². The molecule has 1 aromatic carbocycles. The summed E-state index contributed by atoms with van der Waals surface area (Å²) in [7, 11) is 0. The van der Waals surface area contributed by atoms with E-state index in [1.165, 1.54) is 0 Å². The second-order valence-electron chi connectivity index (χ2n) is 4.45. The summed E-state index contributed by atoms with van der Waals surface area (Å²) in [6, 6.07) is 5.84. The van der Waals surface area contributed by atoms with Crippen molar-refractivity contribution in [1.29, 1.82) is 0 Å². The van der Waals surface area contributed by atoms with Gasteiger partial charge in [-0.05, 0) is 31.0 Å². The molecule has 0 saturated heterocycles. The van der Waals surface area contributed by atoms with E-state index in [9.17, 15) is 0 Å². The summed E-state index contributed by atoms with van der Waals surface area (Å²) >= 11 is 0. The van der Waals surface area contributed by atoms with Crippen LogP contribution in [-0.2, 0) is 4.74 Å². The van der Waals surface area contributed by atoms with Crippen LogP contribution in [0, 0.1) is 0 Å². The first-order valence-corrected chi connectivity index (χ1v) is 6.77. The van der Waals surface area contributed by atoms with Crippen LogP contribution in [0.25, 0.3) is 0 Å². The number of benzene rings is 1. The molecule has 106 valence electrons. The Labute approximate surface area is 114 Å². The standard InChI is InChI=1S/C14H22N2O3/c1-3-11(17-4-2)14(16-15)10-5-6-12-13(9-10)19-8-7-18-12/h5-6,9,11,14,16H,3-4,7-8,15H2,1-2H3. The van der Waals surface area contributed by atoms with Gasteiger partial charge in [-0.25, -0.2) is 0 Å². The van der Waals surface area contributed by atoms with Crippen LogP contribution in [0.5, 0.6) is 11.5 Å². The van der Waals surface area contributed by atoms with Crippen molar-refractivity contribution in [1.82, 2.24) is 5.43 Å². The van der Waals surface area contributed by atoms with E-state index in [1.807, 2.05) is 25.1 Å². The Morgan fingerprint density at radius 3 is 2.63 bits per heavy atom. The quantitative estimate of drug-likeness (QED) is 0.607.